The van der Waals surface area contributed by atoms with E-state index in [1.54, 1.807) is 87.7 Å². The van der Waals surface area contributed by atoms with Crippen LogP contribution < -0.4 is 30.0 Å². The lowest BCUT2D eigenvalue weighted by atomic mass is 9.84. The molecule has 0 aliphatic heterocycles. The summed E-state index contributed by atoms with van der Waals surface area (Å²) in [6.45, 7) is 11.2. The first-order valence-corrected chi connectivity index (χ1v) is 27.3. The van der Waals surface area contributed by atoms with Crippen molar-refractivity contribution in [3.8, 4) is 45.5 Å². The van der Waals surface area contributed by atoms with Gasteiger partial charge in [-0.3, -0.25) is 9.59 Å². The van der Waals surface area contributed by atoms with E-state index < -0.39 is 33.9 Å². The number of hydrogen-bond donors (Lipinski definition) is 4. The number of aliphatic hydroxyl groups is 2. The average Bonchev–Trinajstić information content (AvgIpc) is 4.36. The molecule has 9 rings (SSSR count). The molecule has 2 heterocycles. The van der Waals surface area contributed by atoms with E-state index in [9.17, 15) is 28.6 Å². The number of hydrogen-bond acceptors (Lipinski definition) is 12. The number of aromatic nitrogens is 2. The molecule has 2 unspecified atom stereocenters. The molecule has 3 fully saturated rings. The molecule has 3 aliphatic carbocycles. The van der Waals surface area contributed by atoms with Gasteiger partial charge in [0.2, 0.25) is 0 Å². The summed E-state index contributed by atoms with van der Waals surface area (Å²) < 4.78 is 50.2. The fourth-order valence-electron chi connectivity index (χ4n) is 8.97. The molecule has 2 aromatic heterocycles. The minimum Gasteiger partial charge on any atom is -0.493 e. The van der Waals surface area contributed by atoms with Crippen LogP contribution in [0.25, 0.3) is 22.5 Å². The third kappa shape index (κ3) is 14.6. The van der Waals surface area contributed by atoms with Crippen LogP contribution in [-0.4, -0.2) is 64.2 Å². The minimum absolute atomic E-state index is 0.00411. The monoisotopic (exact) mass is 1110 g/mol. The van der Waals surface area contributed by atoms with Crippen molar-refractivity contribution in [3.63, 3.8) is 0 Å². The molecule has 0 spiro atoms. The molecular weight excluding hydrogens is 1040 g/mol. The Labute approximate surface area is 466 Å². The summed E-state index contributed by atoms with van der Waals surface area (Å²) in [5, 5.41) is 26.8. The van der Waals surface area contributed by atoms with Crippen molar-refractivity contribution in [1.82, 2.24) is 15.3 Å². The van der Waals surface area contributed by atoms with Gasteiger partial charge in [0.1, 0.15) is 22.8 Å². The molecule has 2 atom stereocenters. The van der Waals surface area contributed by atoms with Crippen molar-refractivity contribution in [3.05, 3.63) is 152 Å². The summed E-state index contributed by atoms with van der Waals surface area (Å²) >= 11 is 12.1. The summed E-state index contributed by atoms with van der Waals surface area (Å²) in [4.78, 5) is 35.7. The summed E-state index contributed by atoms with van der Waals surface area (Å²) in [5.74, 6) is 0.980. The first-order chi connectivity index (χ1) is 36.8. The van der Waals surface area contributed by atoms with E-state index in [1.165, 1.54) is 31.7 Å². The molecule has 16 heteroatoms. The van der Waals surface area contributed by atoms with E-state index in [0.717, 1.165) is 49.7 Å². The van der Waals surface area contributed by atoms with E-state index in [0.29, 0.717) is 74.1 Å². The molecule has 3 aliphatic rings. The zero-order chi connectivity index (χ0) is 56.3. The molecular formula is C62H70Cl2F2N4O8. The van der Waals surface area contributed by atoms with Crippen LogP contribution in [0.5, 0.6) is 23.0 Å². The molecule has 12 nitrogen and oxygen atoms in total. The third-order valence-corrected chi connectivity index (χ3v) is 15.2. The predicted octanol–water partition coefficient (Wildman–Crippen LogP) is 13.5. The Hall–Kier alpha value is -6.00. The number of nitrogens with two attached hydrogens (primary N) is 1. The fourth-order valence-corrected chi connectivity index (χ4v) is 9.33. The number of nitrogens with one attached hydrogen (secondary N) is 1. The van der Waals surface area contributed by atoms with E-state index in [4.69, 9.17) is 52.9 Å². The van der Waals surface area contributed by atoms with Gasteiger partial charge in [0.15, 0.2) is 34.6 Å². The number of pyridine rings is 2. The minimum atomic E-state index is -1.44. The Kier molecular flexibility index (Phi) is 17.7. The maximum absolute atomic E-state index is 13.9. The Morgan fingerprint density at radius 3 is 1.40 bits per heavy atom. The van der Waals surface area contributed by atoms with E-state index in [-0.39, 0.29) is 59.5 Å². The van der Waals surface area contributed by atoms with Crippen molar-refractivity contribution in [1.29, 1.82) is 0 Å². The number of ether oxygens (including phenoxy) is 4. The first-order valence-electron chi connectivity index (χ1n) is 26.6. The summed E-state index contributed by atoms with van der Waals surface area (Å²) in [5.41, 5.74) is 8.13. The average molecular weight is 1110 g/mol. The topological polar surface area (TPSA) is 175 Å². The number of benzene rings is 4. The van der Waals surface area contributed by atoms with Gasteiger partial charge in [0.05, 0.1) is 59.2 Å². The normalized spacial score (nSPS) is 16.2. The van der Waals surface area contributed by atoms with Crippen molar-refractivity contribution in [2.45, 2.75) is 153 Å². The van der Waals surface area contributed by atoms with Crippen LogP contribution in [0.1, 0.15) is 155 Å². The number of carbonyl (C=O) groups is 2. The second kappa shape index (κ2) is 23.8. The molecule has 414 valence electrons. The van der Waals surface area contributed by atoms with Crippen molar-refractivity contribution >= 4 is 34.8 Å². The zero-order valence-corrected chi connectivity index (χ0v) is 47.1. The van der Waals surface area contributed by atoms with Crippen molar-refractivity contribution in [2.24, 2.45) is 5.73 Å². The van der Waals surface area contributed by atoms with Crippen LogP contribution in [0.2, 0.25) is 10.0 Å². The lowest BCUT2D eigenvalue weighted by molar-refractivity contribution is 0.0395. The number of methoxy groups -OCH3 is 2. The van der Waals surface area contributed by atoms with E-state index in [1.807, 2.05) is 26.0 Å². The van der Waals surface area contributed by atoms with Crippen LogP contribution in [0, 0.1) is 11.6 Å². The van der Waals surface area contributed by atoms with Crippen LogP contribution in [0.15, 0.2) is 97.1 Å². The Balaban J connectivity index is 0.000000207. The number of nitrogens with zero attached hydrogens (tertiary/aromatic N) is 2. The molecule has 5 N–H and O–H groups in total. The molecule has 0 saturated heterocycles. The van der Waals surface area contributed by atoms with Gasteiger partial charge in [-0.15, -0.1) is 0 Å². The van der Waals surface area contributed by atoms with Crippen molar-refractivity contribution in [2.75, 3.05) is 14.2 Å². The van der Waals surface area contributed by atoms with Gasteiger partial charge < -0.3 is 40.2 Å². The van der Waals surface area contributed by atoms with Gasteiger partial charge in [0, 0.05) is 52.2 Å². The standard InChI is InChI=1S/C33H38ClFN2O4.C29H32ClFN2O4/c1-32(2,37-23-6-5-7-23)22-18-27(20-8-12-26(35)25(34)16-20)36-31(19-22)33(3,39)15-14-28(38)21-9-13-29(30(17-21)40-4)41-24-10-11-24;1-28(2,32)19-15-23(17-5-9-22(31)21(30)13-17)33-27(16-19)29(3,35)12-11-24(34)18-6-10-25(26(14-18)36-4)37-20-7-8-20/h8-9,12-13,16-19,23-24,37,39H,5-7,10-11,14-15H2,1-4H3;5-6,9-10,13-16,20,35H,7-8,11-12,32H2,1-4H3. The SMILES string of the molecule is COc1cc(C(=O)CCC(C)(O)c2cc(C(C)(C)N)cc(-c3ccc(F)c(Cl)c3)n2)ccc1OC1CC1.COc1cc(C(=O)CCC(C)(O)c2cc(C(C)(C)NC3CCC3)cc(-c3ccc(F)c(Cl)c3)n2)ccc1OC1CC1. The summed E-state index contributed by atoms with van der Waals surface area (Å²) in [7, 11) is 3.09. The number of Topliss-reactive ketones (excluding diaryl/α,β-unsaturated/α-hetero) is 2. The Bertz CT molecular complexity index is 3170. The molecule has 0 amide bonds. The van der Waals surface area contributed by atoms with Gasteiger partial charge in [0.25, 0.3) is 0 Å². The molecule has 4 aromatic carbocycles. The highest BCUT2D eigenvalue weighted by Gasteiger charge is 2.34. The highest BCUT2D eigenvalue weighted by Crippen LogP contribution is 2.39. The summed E-state index contributed by atoms with van der Waals surface area (Å²) in [6, 6.07) is 27.0. The molecule has 78 heavy (non-hydrogen) atoms. The summed E-state index contributed by atoms with van der Waals surface area (Å²) in [6.07, 6.45) is 8.44. The molecule has 6 aromatic rings. The maximum Gasteiger partial charge on any atom is 0.163 e. The zero-order valence-electron chi connectivity index (χ0n) is 45.6. The first kappa shape index (κ1) is 58.2. The highest BCUT2D eigenvalue weighted by molar-refractivity contribution is 6.31. The van der Waals surface area contributed by atoms with Crippen LogP contribution in [0.3, 0.4) is 0 Å². The third-order valence-electron chi connectivity index (χ3n) is 14.6. The fraction of sp³-hybridized carbons (Fsp3) is 0.419. The largest absolute Gasteiger partial charge is 0.493 e. The van der Waals surface area contributed by atoms with E-state index >= 15 is 0 Å². The van der Waals surface area contributed by atoms with Gasteiger partial charge >= 0.3 is 0 Å². The molecule has 0 bridgehead atoms. The number of rotatable bonds is 22. The highest BCUT2D eigenvalue weighted by atomic mass is 35.5. The second-order valence-corrected chi connectivity index (χ2v) is 23.2. The predicted molar refractivity (Wildman–Crippen MR) is 300 cm³/mol. The molecule has 0 radical (unpaired) electrons. The molecule has 3 saturated carbocycles. The van der Waals surface area contributed by atoms with Gasteiger partial charge in [-0.2, -0.15) is 0 Å². The van der Waals surface area contributed by atoms with Gasteiger partial charge in [-0.05, 0) is 201 Å². The van der Waals surface area contributed by atoms with E-state index in [2.05, 4.69) is 24.1 Å². The number of carbonyl (C=O) groups excluding carboxylic acids is 2. The number of halogens is 4. The Morgan fingerprint density at radius 1 is 0.603 bits per heavy atom. The van der Waals surface area contributed by atoms with Gasteiger partial charge in [-0.1, -0.05) is 29.6 Å². The second-order valence-electron chi connectivity index (χ2n) is 22.4. The lowest BCUT2D eigenvalue weighted by Gasteiger charge is -2.37. The number of ketones is 2. The van der Waals surface area contributed by atoms with Crippen molar-refractivity contribution < 1.29 is 47.5 Å². The van der Waals surface area contributed by atoms with Crippen LogP contribution in [-0.2, 0) is 22.3 Å². The Morgan fingerprint density at radius 2 is 1.03 bits per heavy atom. The lowest BCUT2D eigenvalue weighted by Crippen LogP contribution is -2.47. The van der Waals surface area contributed by atoms with Crippen LogP contribution in [0.4, 0.5) is 8.78 Å². The smallest absolute Gasteiger partial charge is 0.163 e. The van der Waals surface area contributed by atoms with Gasteiger partial charge in [-0.25, -0.2) is 18.7 Å². The quantitative estimate of drug-likeness (QED) is 0.0474. The van der Waals surface area contributed by atoms with Crippen LogP contribution >= 0.6 is 23.2 Å². The maximum atomic E-state index is 13.9.